The van der Waals surface area contributed by atoms with Gasteiger partial charge in [-0.1, -0.05) is 30.3 Å². The first-order chi connectivity index (χ1) is 9.70. The normalized spacial score (nSPS) is 24.1. The van der Waals surface area contributed by atoms with Crippen molar-refractivity contribution in [2.24, 2.45) is 0 Å². The van der Waals surface area contributed by atoms with Gasteiger partial charge in [-0.3, -0.25) is 4.79 Å². The Morgan fingerprint density at radius 1 is 1.40 bits per heavy atom. The lowest BCUT2D eigenvalue weighted by atomic mass is 9.93. The SMILES string of the molecule is CCOC(=O)C1CCCC(CC(O)c2ccccc2)N1. The van der Waals surface area contributed by atoms with Crippen LogP contribution in [0.1, 0.15) is 44.3 Å². The number of hydrogen-bond acceptors (Lipinski definition) is 4. The molecule has 3 unspecified atom stereocenters. The van der Waals surface area contributed by atoms with Gasteiger partial charge in [0, 0.05) is 6.04 Å². The maximum absolute atomic E-state index is 11.8. The van der Waals surface area contributed by atoms with Crippen LogP contribution < -0.4 is 5.32 Å². The summed E-state index contributed by atoms with van der Waals surface area (Å²) in [5.41, 5.74) is 0.924. The summed E-state index contributed by atoms with van der Waals surface area (Å²) in [6, 6.07) is 9.58. The summed E-state index contributed by atoms with van der Waals surface area (Å²) in [7, 11) is 0. The van der Waals surface area contributed by atoms with Gasteiger partial charge in [0.15, 0.2) is 0 Å². The van der Waals surface area contributed by atoms with Crippen molar-refractivity contribution in [2.45, 2.75) is 50.8 Å². The molecule has 1 aromatic rings. The van der Waals surface area contributed by atoms with Gasteiger partial charge in [0.1, 0.15) is 6.04 Å². The Hall–Kier alpha value is -1.39. The number of piperidine rings is 1. The third kappa shape index (κ3) is 4.05. The number of aliphatic hydroxyl groups is 1. The van der Waals surface area contributed by atoms with Gasteiger partial charge < -0.3 is 15.2 Å². The Bertz CT molecular complexity index is 421. The van der Waals surface area contributed by atoms with E-state index in [4.69, 9.17) is 4.74 Å². The van der Waals surface area contributed by atoms with Crippen LogP contribution in [0.5, 0.6) is 0 Å². The van der Waals surface area contributed by atoms with Crippen LogP contribution in [0.25, 0.3) is 0 Å². The molecule has 20 heavy (non-hydrogen) atoms. The third-order valence-corrected chi connectivity index (χ3v) is 3.75. The Morgan fingerprint density at radius 2 is 2.15 bits per heavy atom. The minimum Gasteiger partial charge on any atom is -0.465 e. The first-order valence-corrected chi connectivity index (χ1v) is 7.36. The molecule has 0 bridgehead atoms. The molecule has 1 fully saturated rings. The number of nitrogens with one attached hydrogen (secondary N) is 1. The van der Waals surface area contributed by atoms with Crippen LogP contribution in [0.4, 0.5) is 0 Å². The maximum atomic E-state index is 11.8. The standard InChI is InChI=1S/C16H23NO3/c1-2-20-16(19)14-10-6-9-13(17-14)11-15(18)12-7-4-3-5-8-12/h3-5,7-8,13-15,17-18H,2,6,9-11H2,1H3. The number of ether oxygens (including phenoxy) is 1. The highest BCUT2D eigenvalue weighted by molar-refractivity contribution is 5.75. The second-order valence-corrected chi connectivity index (χ2v) is 5.26. The molecule has 0 spiro atoms. The van der Waals surface area contributed by atoms with E-state index in [9.17, 15) is 9.90 Å². The lowest BCUT2D eigenvalue weighted by Crippen LogP contribution is -2.47. The minimum absolute atomic E-state index is 0.161. The fourth-order valence-corrected chi connectivity index (χ4v) is 2.71. The molecule has 2 N–H and O–H groups in total. The molecule has 0 aromatic heterocycles. The zero-order chi connectivity index (χ0) is 14.4. The zero-order valence-corrected chi connectivity index (χ0v) is 11.9. The Balaban J connectivity index is 1.88. The van der Waals surface area contributed by atoms with E-state index in [1.54, 1.807) is 0 Å². The van der Waals surface area contributed by atoms with Crippen LogP contribution in [-0.2, 0) is 9.53 Å². The monoisotopic (exact) mass is 277 g/mol. The van der Waals surface area contributed by atoms with Gasteiger partial charge in [0.25, 0.3) is 0 Å². The number of esters is 1. The van der Waals surface area contributed by atoms with Gasteiger partial charge in [-0.05, 0) is 38.2 Å². The Morgan fingerprint density at radius 3 is 2.85 bits per heavy atom. The van der Waals surface area contributed by atoms with Crippen LogP contribution in [0.3, 0.4) is 0 Å². The molecule has 0 radical (unpaired) electrons. The number of benzene rings is 1. The molecule has 110 valence electrons. The fourth-order valence-electron chi connectivity index (χ4n) is 2.71. The summed E-state index contributed by atoms with van der Waals surface area (Å²) < 4.78 is 5.06. The number of rotatable bonds is 5. The van der Waals surface area contributed by atoms with E-state index in [1.807, 2.05) is 37.3 Å². The van der Waals surface area contributed by atoms with Gasteiger partial charge in [-0.15, -0.1) is 0 Å². The Labute approximate surface area is 120 Å². The largest absolute Gasteiger partial charge is 0.465 e. The van der Waals surface area contributed by atoms with E-state index in [0.29, 0.717) is 13.0 Å². The van der Waals surface area contributed by atoms with Crippen LogP contribution in [-0.4, -0.2) is 29.8 Å². The predicted octanol–water partition coefficient (Wildman–Crippen LogP) is 2.18. The number of hydrogen-bond donors (Lipinski definition) is 2. The van der Waals surface area contributed by atoms with E-state index >= 15 is 0 Å². The molecule has 0 amide bonds. The van der Waals surface area contributed by atoms with Crippen molar-refractivity contribution in [1.29, 1.82) is 0 Å². The molecule has 3 atom stereocenters. The van der Waals surface area contributed by atoms with E-state index in [1.165, 1.54) is 0 Å². The van der Waals surface area contributed by atoms with Crippen LogP contribution in [0.15, 0.2) is 30.3 Å². The van der Waals surface area contributed by atoms with Crippen molar-refractivity contribution in [3.63, 3.8) is 0 Å². The topological polar surface area (TPSA) is 58.6 Å². The van der Waals surface area contributed by atoms with Crippen LogP contribution in [0, 0.1) is 0 Å². The van der Waals surface area contributed by atoms with E-state index in [0.717, 1.165) is 24.8 Å². The summed E-state index contributed by atoms with van der Waals surface area (Å²) in [6.45, 7) is 2.23. The fraction of sp³-hybridized carbons (Fsp3) is 0.562. The summed E-state index contributed by atoms with van der Waals surface area (Å²) in [5.74, 6) is -0.175. The first kappa shape index (κ1) is 15.0. The highest BCUT2D eigenvalue weighted by Crippen LogP contribution is 2.23. The van der Waals surface area contributed by atoms with Gasteiger partial charge in [-0.25, -0.2) is 0 Å². The van der Waals surface area contributed by atoms with Gasteiger partial charge >= 0.3 is 5.97 Å². The minimum atomic E-state index is -0.491. The molecule has 0 saturated carbocycles. The molecule has 4 nitrogen and oxygen atoms in total. The number of carbonyl (C=O) groups is 1. The summed E-state index contributed by atoms with van der Waals surface area (Å²) in [4.78, 5) is 11.8. The zero-order valence-electron chi connectivity index (χ0n) is 11.9. The van der Waals surface area contributed by atoms with Gasteiger partial charge in [-0.2, -0.15) is 0 Å². The van der Waals surface area contributed by atoms with Crippen molar-refractivity contribution in [3.8, 4) is 0 Å². The molecule has 4 heteroatoms. The average Bonchev–Trinajstić information content (AvgIpc) is 2.48. The summed E-state index contributed by atoms with van der Waals surface area (Å²) in [5, 5.41) is 13.5. The van der Waals surface area contributed by atoms with Crippen molar-refractivity contribution in [3.05, 3.63) is 35.9 Å². The molecule has 1 aromatic carbocycles. The smallest absolute Gasteiger partial charge is 0.323 e. The quantitative estimate of drug-likeness (QED) is 0.810. The summed E-state index contributed by atoms with van der Waals surface area (Å²) in [6.07, 6.45) is 2.92. The predicted molar refractivity (Wildman–Crippen MR) is 77.2 cm³/mol. The molecule has 1 aliphatic heterocycles. The molecular formula is C16H23NO3. The number of aliphatic hydroxyl groups excluding tert-OH is 1. The molecule has 1 heterocycles. The van der Waals surface area contributed by atoms with E-state index in [-0.39, 0.29) is 18.1 Å². The highest BCUT2D eigenvalue weighted by Gasteiger charge is 2.28. The van der Waals surface area contributed by atoms with E-state index in [2.05, 4.69) is 5.32 Å². The average molecular weight is 277 g/mol. The van der Waals surface area contributed by atoms with Crippen molar-refractivity contribution >= 4 is 5.97 Å². The molecule has 0 aliphatic carbocycles. The third-order valence-electron chi connectivity index (χ3n) is 3.75. The second kappa shape index (κ2) is 7.41. The second-order valence-electron chi connectivity index (χ2n) is 5.26. The highest BCUT2D eigenvalue weighted by atomic mass is 16.5. The molecule has 2 rings (SSSR count). The van der Waals surface area contributed by atoms with Gasteiger partial charge in [0.05, 0.1) is 12.7 Å². The number of carbonyl (C=O) groups excluding carboxylic acids is 1. The Kier molecular flexibility index (Phi) is 5.56. The van der Waals surface area contributed by atoms with Crippen molar-refractivity contribution in [1.82, 2.24) is 5.32 Å². The lowest BCUT2D eigenvalue weighted by Gasteiger charge is -2.31. The van der Waals surface area contributed by atoms with Crippen molar-refractivity contribution in [2.75, 3.05) is 6.61 Å². The van der Waals surface area contributed by atoms with Gasteiger partial charge in [0.2, 0.25) is 0 Å². The molecule has 1 saturated heterocycles. The van der Waals surface area contributed by atoms with Crippen LogP contribution >= 0.6 is 0 Å². The van der Waals surface area contributed by atoms with E-state index < -0.39 is 6.10 Å². The summed E-state index contributed by atoms with van der Waals surface area (Å²) >= 11 is 0. The molecular weight excluding hydrogens is 254 g/mol. The lowest BCUT2D eigenvalue weighted by molar-refractivity contribution is -0.146. The van der Waals surface area contributed by atoms with Crippen molar-refractivity contribution < 1.29 is 14.6 Å². The maximum Gasteiger partial charge on any atom is 0.323 e. The van der Waals surface area contributed by atoms with Crippen LogP contribution in [0.2, 0.25) is 0 Å². The first-order valence-electron chi connectivity index (χ1n) is 7.36. The molecule has 1 aliphatic rings.